The summed E-state index contributed by atoms with van der Waals surface area (Å²) in [6.07, 6.45) is 0. The molecule has 0 saturated heterocycles. The van der Waals surface area contributed by atoms with Crippen molar-refractivity contribution in [2.75, 3.05) is 13.2 Å². The molecule has 0 aliphatic rings. The number of rotatable bonds is 15. The van der Waals surface area contributed by atoms with E-state index in [1.807, 2.05) is 12.1 Å². The standard InChI is InChI=1S/C32H24F2O4S.C19H16.C13H10F2O5S.Na/c33-31(34,23-38-30(35)26-21-20-24-12-10-11-13-25(24)22-26)39(36,37)32(27-14-4-1-5-15-27,28-16-6-2-7-17-28)29-18-8-3-9-19-29;1-4-10-16(11-5-1)19(17-12-6-2-7-13-17)18-14-8-3-9-15-18;14-13(15,21(17,18)19)8-20-12(16)11-6-5-9-3-1-2-4-10(9)7-11;/h1-22H,23H2;1-15,19H;1-7H,8H2,(H,17,18,19);/q;;;+1/p-1. The Balaban J connectivity index is 0.000000190. The van der Waals surface area contributed by atoms with Gasteiger partial charge in [0.1, 0.15) is 0 Å². The molecule has 0 spiro atoms. The van der Waals surface area contributed by atoms with Crippen LogP contribution in [0, 0.1) is 0 Å². The van der Waals surface area contributed by atoms with Crippen LogP contribution in [-0.2, 0) is 34.2 Å². The molecule has 400 valence electrons. The normalized spacial score (nSPS) is 11.7. The van der Waals surface area contributed by atoms with Gasteiger partial charge in [-0.3, -0.25) is 0 Å². The van der Waals surface area contributed by atoms with Gasteiger partial charge in [-0.05, 0) is 79.2 Å². The van der Waals surface area contributed by atoms with Crippen molar-refractivity contribution in [3.8, 4) is 0 Å². The molecule has 0 heterocycles. The van der Waals surface area contributed by atoms with Gasteiger partial charge in [0.05, 0.1) is 11.1 Å². The van der Waals surface area contributed by atoms with E-state index in [4.69, 9.17) is 4.74 Å². The van der Waals surface area contributed by atoms with E-state index in [9.17, 15) is 39.8 Å². The van der Waals surface area contributed by atoms with Crippen molar-refractivity contribution in [1.82, 2.24) is 0 Å². The van der Waals surface area contributed by atoms with E-state index < -0.39 is 60.4 Å². The summed E-state index contributed by atoms with van der Waals surface area (Å²) in [7, 11) is -11.3. The molecular weight excluding hydrogens is 1080 g/mol. The number of hydrogen-bond acceptors (Lipinski definition) is 9. The average Bonchev–Trinajstić information content (AvgIpc) is 3.59. The zero-order valence-corrected chi connectivity index (χ0v) is 46.5. The van der Waals surface area contributed by atoms with Crippen LogP contribution in [0.25, 0.3) is 21.5 Å². The molecule has 10 rings (SSSR count). The number of ether oxygens (including phenoxy) is 2. The van der Waals surface area contributed by atoms with Crippen molar-refractivity contribution < 1.29 is 87.6 Å². The maximum absolute atomic E-state index is 16.0. The van der Waals surface area contributed by atoms with Crippen LogP contribution in [0.2, 0.25) is 0 Å². The number of sulfone groups is 1. The van der Waals surface area contributed by atoms with Crippen LogP contribution >= 0.6 is 0 Å². The molecule has 0 radical (unpaired) electrons. The van der Waals surface area contributed by atoms with Gasteiger partial charge < -0.3 is 14.0 Å². The quantitative estimate of drug-likeness (QED) is 0.0322. The number of benzene rings is 10. The van der Waals surface area contributed by atoms with E-state index in [1.54, 1.807) is 103 Å². The molecule has 0 saturated carbocycles. The van der Waals surface area contributed by atoms with Crippen molar-refractivity contribution in [2.45, 2.75) is 21.2 Å². The van der Waals surface area contributed by atoms with Gasteiger partial charge in [0, 0.05) is 5.92 Å². The molecule has 0 aliphatic carbocycles. The Bertz CT molecular complexity index is 3700. The van der Waals surface area contributed by atoms with Crippen molar-refractivity contribution in [3.05, 3.63) is 311 Å². The van der Waals surface area contributed by atoms with Gasteiger partial charge in [-0.25, -0.2) is 26.4 Å². The minimum atomic E-state index is -5.88. The minimum Gasteiger partial charge on any atom is -0.743 e. The van der Waals surface area contributed by atoms with E-state index in [0.717, 1.165) is 16.2 Å². The molecule has 9 nitrogen and oxygen atoms in total. The van der Waals surface area contributed by atoms with Crippen LogP contribution in [-0.4, -0.2) is 57.0 Å². The Kier molecular flexibility index (Phi) is 19.8. The summed E-state index contributed by atoms with van der Waals surface area (Å²) in [5.74, 6) is -1.87. The third-order valence-corrected chi connectivity index (χ3v) is 16.1. The van der Waals surface area contributed by atoms with Crippen LogP contribution in [0.1, 0.15) is 60.0 Å². The molecule has 0 aromatic heterocycles. The summed E-state index contributed by atoms with van der Waals surface area (Å²) in [4.78, 5) is 24.4. The first-order valence-electron chi connectivity index (χ1n) is 24.5. The summed E-state index contributed by atoms with van der Waals surface area (Å²) in [5, 5.41) is -5.99. The molecule has 0 fully saturated rings. The fraction of sp³-hybridized carbons (Fsp3) is 0.0938. The number of hydrogen-bond donors (Lipinski definition) is 0. The Labute approximate surface area is 483 Å². The van der Waals surface area contributed by atoms with Crippen molar-refractivity contribution in [1.29, 1.82) is 0 Å². The first-order chi connectivity index (χ1) is 37.9. The van der Waals surface area contributed by atoms with Crippen LogP contribution in [0.5, 0.6) is 0 Å². The fourth-order valence-corrected chi connectivity index (χ4v) is 11.2. The predicted octanol–water partition coefficient (Wildman–Crippen LogP) is 11.0. The summed E-state index contributed by atoms with van der Waals surface area (Å²) in [6.45, 7) is -3.46. The average molecular weight is 1130 g/mol. The number of carbonyl (C=O) groups excluding carboxylic acids is 2. The van der Waals surface area contributed by atoms with Gasteiger partial charge in [0.2, 0.25) is 9.84 Å². The maximum atomic E-state index is 16.0. The van der Waals surface area contributed by atoms with E-state index >= 15 is 8.78 Å². The van der Waals surface area contributed by atoms with Gasteiger partial charge in [-0.15, -0.1) is 0 Å². The molecule has 0 N–H and O–H groups in total. The third-order valence-electron chi connectivity index (χ3n) is 12.8. The Hall–Kier alpha value is -7.76. The second-order valence-electron chi connectivity index (χ2n) is 18.0. The molecular formula is C64H49F4NaO9S2. The minimum absolute atomic E-state index is 0. The first kappa shape index (κ1) is 59.9. The number of carbonyl (C=O) groups is 2. The Morgan fingerprint density at radius 1 is 0.388 bits per heavy atom. The summed E-state index contributed by atoms with van der Waals surface area (Å²) >= 11 is 0. The van der Waals surface area contributed by atoms with Gasteiger partial charge in [-0.1, -0.05) is 243 Å². The van der Waals surface area contributed by atoms with E-state index in [1.165, 1.54) is 77.4 Å². The van der Waals surface area contributed by atoms with Crippen molar-refractivity contribution in [3.63, 3.8) is 0 Å². The topological polar surface area (TPSA) is 144 Å². The molecule has 0 unspecified atom stereocenters. The summed E-state index contributed by atoms with van der Waals surface area (Å²) in [5.41, 5.74) is 4.45. The zero-order valence-electron chi connectivity index (χ0n) is 42.9. The maximum Gasteiger partial charge on any atom is 1.00 e. The van der Waals surface area contributed by atoms with Crippen LogP contribution in [0.15, 0.2) is 267 Å². The largest absolute Gasteiger partial charge is 1.00 e. The van der Waals surface area contributed by atoms with Crippen LogP contribution < -0.4 is 29.6 Å². The second kappa shape index (κ2) is 26.5. The van der Waals surface area contributed by atoms with Gasteiger partial charge >= 0.3 is 52.0 Å². The first-order valence-corrected chi connectivity index (χ1v) is 27.4. The smallest absolute Gasteiger partial charge is 0.743 e. The number of halogens is 4. The molecule has 10 aromatic rings. The van der Waals surface area contributed by atoms with E-state index in [-0.39, 0.29) is 57.4 Å². The van der Waals surface area contributed by atoms with E-state index in [2.05, 4.69) is 95.7 Å². The third kappa shape index (κ3) is 13.6. The van der Waals surface area contributed by atoms with Gasteiger partial charge in [0.15, 0.2) is 28.1 Å². The van der Waals surface area contributed by atoms with Crippen LogP contribution in [0.4, 0.5) is 17.6 Å². The van der Waals surface area contributed by atoms with Crippen molar-refractivity contribution in [2.24, 2.45) is 0 Å². The predicted molar refractivity (Wildman–Crippen MR) is 296 cm³/mol. The molecule has 0 atom stereocenters. The molecule has 0 amide bonds. The van der Waals surface area contributed by atoms with E-state index in [0.29, 0.717) is 11.3 Å². The second-order valence-corrected chi connectivity index (χ2v) is 21.7. The zero-order chi connectivity index (χ0) is 56.1. The molecule has 10 aromatic carbocycles. The molecule has 0 bridgehead atoms. The van der Waals surface area contributed by atoms with Gasteiger partial charge in [0.25, 0.3) is 0 Å². The van der Waals surface area contributed by atoms with Crippen LogP contribution in [0.3, 0.4) is 0 Å². The molecule has 80 heavy (non-hydrogen) atoms. The summed E-state index contributed by atoms with van der Waals surface area (Å²) < 4.78 is 124. The van der Waals surface area contributed by atoms with Gasteiger partial charge in [-0.2, -0.15) is 17.6 Å². The number of esters is 2. The number of fused-ring (bicyclic) bond motifs is 2. The number of alkyl halides is 4. The Morgan fingerprint density at radius 3 is 0.975 bits per heavy atom. The molecule has 0 aliphatic heterocycles. The monoisotopic (exact) mass is 1120 g/mol. The Morgan fingerprint density at radius 2 is 0.662 bits per heavy atom. The molecule has 16 heteroatoms. The summed E-state index contributed by atoms with van der Waals surface area (Å²) in [6, 6.07) is 79.0. The fourth-order valence-electron chi connectivity index (χ4n) is 8.97. The SMILES string of the molecule is O=C(OCC(F)(F)S(=O)(=O)C(c1ccccc1)(c1ccccc1)c1ccccc1)c1ccc2ccccc2c1.O=C(OCC(F)(F)S(=O)(=O)[O-])c1ccc2ccccc2c1.[Na+].c1ccc(C(c2ccccc2)c2ccccc2)cc1. The van der Waals surface area contributed by atoms with Crippen molar-refractivity contribution >= 4 is 53.4 Å².